The van der Waals surface area contributed by atoms with Crippen LogP contribution in [0.4, 0.5) is 5.69 Å². The molecule has 0 spiro atoms. The Morgan fingerprint density at radius 3 is 2.24 bits per heavy atom. The van der Waals surface area contributed by atoms with Gasteiger partial charge in [-0.05, 0) is 23.8 Å². The highest BCUT2D eigenvalue weighted by Crippen LogP contribution is 2.41. The van der Waals surface area contributed by atoms with E-state index >= 15 is 0 Å². The minimum atomic E-state index is -1.54. The molecule has 0 saturated carbocycles. The Balaban J connectivity index is 2.58. The Bertz CT molecular complexity index is 741. The summed E-state index contributed by atoms with van der Waals surface area (Å²) >= 11 is 18.3. The van der Waals surface area contributed by atoms with Crippen molar-refractivity contribution in [3.8, 4) is 6.07 Å². The van der Waals surface area contributed by atoms with E-state index in [-0.39, 0.29) is 16.3 Å². The van der Waals surface area contributed by atoms with E-state index in [1.165, 1.54) is 18.2 Å². The molecule has 4 nitrogen and oxygen atoms in total. The van der Waals surface area contributed by atoms with Crippen molar-refractivity contribution in [2.24, 2.45) is 0 Å². The van der Waals surface area contributed by atoms with Crippen LogP contribution in [-0.4, -0.2) is 4.92 Å². The fourth-order valence-corrected chi connectivity index (χ4v) is 2.64. The van der Waals surface area contributed by atoms with Crippen LogP contribution in [0.1, 0.15) is 11.1 Å². The quantitative estimate of drug-likeness (QED) is 0.452. The minimum absolute atomic E-state index is 0.0516. The average Bonchev–Trinajstić information content (AvgIpc) is 2.47. The van der Waals surface area contributed by atoms with Gasteiger partial charge < -0.3 is 0 Å². The van der Waals surface area contributed by atoms with Gasteiger partial charge in [-0.25, -0.2) is 0 Å². The fourth-order valence-electron chi connectivity index (χ4n) is 1.86. The first-order valence-corrected chi connectivity index (χ1v) is 6.82. The molecule has 21 heavy (non-hydrogen) atoms. The molecule has 2 aromatic carbocycles. The molecule has 0 amide bonds. The summed E-state index contributed by atoms with van der Waals surface area (Å²) in [6.07, 6.45) is 0. The predicted octanol–water partition coefficient (Wildman–Crippen LogP) is 4.91. The Morgan fingerprint density at radius 2 is 1.76 bits per heavy atom. The van der Waals surface area contributed by atoms with Gasteiger partial charge in [-0.3, -0.25) is 10.1 Å². The molecule has 0 aromatic heterocycles. The summed E-state index contributed by atoms with van der Waals surface area (Å²) in [5.74, 6) is 0. The van der Waals surface area contributed by atoms with E-state index in [1.807, 2.05) is 6.07 Å². The van der Waals surface area contributed by atoms with E-state index < -0.39 is 9.80 Å². The van der Waals surface area contributed by atoms with Gasteiger partial charge in [0.2, 0.25) is 0 Å². The molecule has 7 heteroatoms. The van der Waals surface area contributed by atoms with Crippen LogP contribution in [0.3, 0.4) is 0 Å². The van der Waals surface area contributed by atoms with E-state index in [2.05, 4.69) is 0 Å². The zero-order valence-corrected chi connectivity index (χ0v) is 12.7. The largest absolute Gasteiger partial charge is 0.270 e. The molecule has 2 rings (SSSR count). The highest BCUT2D eigenvalue weighted by molar-refractivity contribution is 6.35. The summed E-state index contributed by atoms with van der Waals surface area (Å²) in [6, 6.07) is 12.2. The van der Waals surface area contributed by atoms with Crippen molar-refractivity contribution in [1.29, 1.82) is 5.26 Å². The highest BCUT2D eigenvalue weighted by atomic mass is 35.5. The zero-order chi connectivity index (χ0) is 15.6. The predicted molar refractivity (Wildman–Crippen MR) is 81.8 cm³/mol. The number of hydrogen-bond acceptors (Lipinski definition) is 3. The summed E-state index contributed by atoms with van der Waals surface area (Å²) < 4.78 is 0. The first-order chi connectivity index (χ1) is 9.88. The molecule has 0 aliphatic rings. The second-order valence-electron chi connectivity index (χ2n) is 4.20. The number of rotatable bonds is 3. The Hall–Kier alpha value is -1.80. The molecule has 0 fully saturated rings. The van der Waals surface area contributed by atoms with Crippen molar-refractivity contribution < 1.29 is 4.92 Å². The van der Waals surface area contributed by atoms with Gasteiger partial charge in [0, 0.05) is 22.7 Å². The third kappa shape index (κ3) is 2.96. The number of alkyl halides is 1. The first kappa shape index (κ1) is 15.6. The van der Waals surface area contributed by atoms with Gasteiger partial charge in [0.1, 0.15) is 0 Å². The third-order valence-corrected chi connectivity index (χ3v) is 4.00. The minimum Gasteiger partial charge on any atom is -0.258 e. The Morgan fingerprint density at radius 1 is 1.14 bits per heavy atom. The summed E-state index contributed by atoms with van der Waals surface area (Å²) in [4.78, 5) is 8.61. The molecule has 106 valence electrons. The zero-order valence-electron chi connectivity index (χ0n) is 10.4. The molecule has 1 atom stereocenters. The molecule has 1 unspecified atom stereocenters. The summed E-state index contributed by atoms with van der Waals surface area (Å²) in [6.45, 7) is 0. The van der Waals surface area contributed by atoms with Gasteiger partial charge in [-0.15, -0.1) is 0 Å². The maximum Gasteiger partial charge on any atom is 0.270 e. The second-order valence-corrected chi connectivity index (χ2v) is 5.61. The molecule has 0 bridgehead atoms. The van der Waals surface area contributed by atoms with E-state index in [1.54, 1.807) is 24.3 Å². The van der Waals surface area contributed by atoms with Crippen LogP contribution in [0.2, 0.25) is 10.0 Å². The maximum absolute atomic E-state index is 10.7. The monoisotopic (exact) mass is 340 g/mol. The molecule has 0 heterocycles. The van der Waals surface area contributed by atoms with Gasteiger partial charge in [0.15, 0.2) is 4.87 Å². The molecule has 0 saturated heterocycles. The number of hydrogen-bond donors (Lipinski definition) is 0. The van der Waals surface area contributed by atoms with Crippen LogP contribution in [0.5, 0.6) is 0 Å². The van der Waals surface area contributed by atoms with Gasteiger partial charge in [-0.2, -0.15) is 5.26 Å². The van der Waals surface area contributed by atoms with Gasteiger partial charge in [0.25, 0.3) is 5.69 Å². The summed E-state index contributed by atoms with van der Waals surface area (Å²) in [5.41, 5.74) is 0.588. The number of nitriles is 1. The summed E-state index contributed by atoms with van der Waals surface area (Å²) in [5, 5.41) is 20.7. The topological polar surface area (TPSA) is 66.9 Å². The fraction of sp³-hybridized carbons (Fsp3) is 0.0714. The van der Waals surface area contributed by atoms with E-state index in [9.17, 15) is 15.4 Å². The average molecular weight is 342 g/mol. The lowest BCUT2D eigenvalue weighted by Gasteiger charge is -2.21. The SMILES string of the molecule is N#CC(Cl)(c1ccc(Cl)cc1)c1ccc([N+](=O)[O-])cc1Cl. The third-order valence-electron chi connectivity index (χ3n) is 2.93. The van der Waals surface area contributed by atoms with Crippen molar-refractivity contribution in [3.63, 3.8) is 0 Å². The van der Waals surface area contributed by atoms with Crippen LogP contribution < -0.4 is 0 Å². The number of benzene rings is 2. The van der Waals surface area contributed by atoms with Crippen LogP contribution >= 0.6 is 34.8 Å². The van der Waals surface area contributed by atoms with E-state index in [4.69, 9.17) is 34.8 Å². The van der Waals surface area contributed by atoms with Crippen molar-refractivity contribution in [3.05, 3.63) is 73.8 Å². The molecule has 0 aliphatic heterocycles. The second kappa shape index (κ2) is 5.90. The number of nitro benzene ring substituents is 1. The lowest BCUT2D eigenvalue weighted by atomic mass is 9.91. The first-order valence-electron chi connectivity index (χ1n) is 5.69. The van der Waals surface area contributed by atoms with Crippen LogP contribution in [0.15, 0.2) is 42.5 Å². The standard InChI is InChI=1S/C14H7Cl3N2O2/c15-10-3-1-9(2-4-10)14(17,8-18)12-6-5-11(19(20)21)7-13(12)16/h1-7H. The number of non-ortho nitro benzene ring substituents is 1. The maximum atomic E-state index is 10.7. The van der Waals surface area contributed by atoms with Gasteiger partial charge in [0.05, 0.1) is 16.0 Å². The summed E-state index contributed by atoms with van der Waals surface area (Å²) in [7, 11) is 0. The number of halogens is 3. The molecule has 2 aromatic rings. The van der Waals surface area contributed by atoms with Gasteiger partial charge >= 0.3 is 0 Å². The molecule has 0 radical (unpaired) electrons. The highest BCUT2D eigenvalue weighted by Gasteiger charge is 2.34. The number of nitrogens with zero attached hydrogens (tertiary/aromatic N) is 2. The molecule has 0 N–H and O–H groups in total. The van der Waals surface area contributed by atoms with Crippen LogP contribution in [-0.2, 0) is 4.87 Å². The Labute approximate surface area is 135 Å². The van der Waals surface area contributed by atoms with Crippen molar-refractivity contribution >= 4 is 40.5 Å². The number of nitro groups is 1. The molecular formula is C14H7Cl3N2O2. The Kier molecular flexibility index (Phi) is 4.38. The van der Waals surface area contributed by atoms with Crippen LogP contribution in [0.25, 0.3) is 0 Å². The smallest absolute Gasteiger partial charge is 0.258 e. The molecule has 0 aliphatic carbocycles. The van der Waals surface area contributed by atoms with Crippen molar-refractivity contribution in [1.82, 2.24) is 0 Å². The normalized spacial score (nSPS) is 13.2. The van der Waals surface area contributed by atoms with E-state index in [0.717, 1.165) is 0 Å². The lowest BCUT2D eigenvalue weighted by Crippen LogP contribution is -2.18. The van der Waals surface area contributed by atoms with Gasteiger partial charge in [-0.1, -0.05) is 46.9 Å². The van der Waals surface area contributed by atoms with Crippen molar-refractivity contribution in [2.45, 2.75) is 4.87 Å². The lowest BCUT2D eigenvalue weighted by molar-refractivity contribution is -0.384. The molecular weight excluding hydrogens is 335 g/mol. The van der Waals surface area contributed by atoms with Crippen molar-refractivity contribution in [2.75, 3.05) is 0 Å². The van der Waals surface area contributed by atoms with E-state index in [0.29, 0.717) is 10.6 Å². The van der Waals surface area contributed by atoms with Crippen LogP contribution in [0, 0.1) is 21.4 Å².